The molecule has 0 bridgehead atoms. The van der Waals surface area contributed by atoms with Gasteiger partial charge in [0.1, 0.15) is 0 Å². The Hall–Kier alpha value is -0.0800. The summed E-state index contributed by atoms with van der Waals surface area (Å²) in [6, 6.07) is 0. The van der Waals surface area contributed by atoms with E-state index in [1.54, 1.807) is 7.11 Å². The van der Waals surface area contributed by atoms with Crippen molar-refractivity contribution in [2.75, 3.05) is 39.9 Å². The average molecular weight is 384 g/mol. The van der Waals surface area contributed by atoms with Crippen molar-refractivity contribution in [3.63, 3.8) is 0 Å². The predicted octanol–water partition coefficient (Wildman–Crippen LogP) is 1.42. The zero-order valence-corrected chi connectivity index (χ0v) is 14.8. The van der Waals surface area contributed by atoms with E-state index in [0.29, 0.717) is 19.1 Å². The minimum atomic E-state index is 0. The molecule has 0 aromatic rings. The molecule has 0 saturated carbocycles. The van der Waals surface area contributed by atoms with Crippen molar-refractivity contribution >= 4 is 29.9 Å². The molecule has 1 aliphatic rings. The first-order valence-electron chi connectivity index (χ1n) is 6.84. The Morgan fingerprint density at radius 1 is 1.32 bits per heavy atom. The van der Waals surface area contributed by atoms with Gasteiger partial charge in [-0.15, -0.1) is 24.0 Å². The summed E-state index contributed by atoms with van der Waals surface area (Å²) in [5.74, 6) is 0.511. The van der Waals surface area contributed by atoms with Crippen LogP contribution in [0.25, 0.3) is 0 Å². The highest BCUT2D eigenvalue weighted by Crippen LogP contribution is 2.20. The normalized spacial score (nSPS) is 17.9. The van der Waals surface area contributed by atoms with Gasteiger partial charge in [0.25, 0.3) is 0 Å². The van der Waals surface area contributed by atoms with Gasteiger partial charge in [-0.25, -0.2) is 0 Å². The lowest BCUT2D eigenvalue weighted by molar-refractivity contribution is 0.102. The molecular weight excluding hydrogens is 355 g/mol. The fourth-order valence-corrected chi connectivity index (χ4v) is 2.21. The summed E-state index contributed by atoms with van der Waals surface area (Å²) in [5.41, 5.74) is 5.91. The fraction of sp³-hybridized carbons (Fsp3) is 0.923. The molecule has 19 heavy (non-hydrogen) atoms. The van der Waals surface area contributed by atoms with E-state index in [9.17, 15) is 0 Å². The lowest BCUT2D eigenvalue weighted by Gasteiger charge is -2.40. The minimum Gasteiger partial charge on any atom is -0.383 e. The van der Waals surface area contributed by atoms with E-state index in [4.69, 9.17) is 10.5 Å². The lowest BCUT2D eigenvalue weighted by atomic mass is 9.99. The summed E-state index contributed by atoms with van der Waals surface area (Å²) in [7, 11) is 1.68. The van der Waals surface area contributed by atoms with E-state index in [1.807, 2.05) is 0 Å². The molecule has 0 aromatic carbocycles. The van der Waals surface area contributed by atoms with Crippen molar-refractivity contribution in [2.45, 2.75) is 38.6 Å². The van der Waals surface area contributed by atoms with Crippen LogP contribution in [0, 0.1) is 0 Å². The van der Waals surface area contributed by atoms with Crippen LogP contribution in [0.5, 0.6) is 0 Å². The van der Waals surface area contributed by atoms with Gasteiger partial charge in [0.15, 0.2) is 5.96 Å². The predicted molar refractivity (Wildman–Crippen MR) is 91.3 cm³/mol. The molecule has 5 nitrogen and oxygen atoms in total. The topological polar surface area (TPSA) is 62.9 Å². The molecule has 0 radical (unpaired) electrons. The first-order chi connectivity index (χ1) is 8.56. The molecule has 0 amide bonds. The molecule has 0 spiro atoms. The van der Waals surface area contributed by atoms with Crippen molar-refractivity contribution in [3.05, 3.63) is 0 Å². The van der Waals surface area contributed by atoms with Gasteiger partial charge in [0.05, 0.1) is 13.2 Å². The Morgan fingerprint density at radius 3 is 2.53 bits per heavy atom. The first-order valence-corrected chi connectivity index (χ1v) is 6.84. The number of nitrogens with two attached hydrogens (primary N) is 1. The standard InChI is InChI=1S/C13H28N4O.HI/c1-13(2,17-8-5-4-6-9-17)11-16-12(14)15-7-10-18-3;/h4-11H2,1-3H3,(H3,14,15,16);1H. The molecule has 1 saturated heterocycles. The molecule has 114 valence electrons. The SMILES string of the molecule is COCCNC(N)=NCC(C)(C)N1CCCCC1.I. The smallest absolute Gasteiger partial charge is 0.188 e. The second-order valence-electron chi connectivity index (χ2n) is 5.48. The van der Waals surface area contributed by atoms with Crippen LogP contribution >= 0.6 is 24.0 Å². The number of methoxy groups -OCH3 is 1. The second-order valence-corrected chi connectivity index (χ2v) is 5.48. The largest absolute Gasteiger partial charge is 0.383 e. The maximum absolute atomic E-state index is 5.82. The quantitative estimate of drug-likeness (QED) is 0.315. The van der Waals surface area contributed by atoms with Crippen molar-refractivity contribution in [2.24, 2.45) is 10.7 Å². The molecule has 3 N–H and O–H groups in total. The Balaban J connectivity index is 0.00000324. The number of halogens is 1. The number of piperidine rings is 1. The van der Waals surface area contributed by atoms with E-state index in [0.717, 1.165) is 6.54 Å². The average Bonchev–Trinajstić information content (AvgIpc) is 2.38. The third-order valence-corrected chi connectivity index (χ3v) is 3.46. The van der Waals surface area contributed by atoms with Gasteiger partial charge in [0, 0.05) is 19.2 Å². The number of nitrogens with zero attached hydrogens (tertiary/aromatic N) is 2. The van der Waals surface area contributed by atoms with Gasteiger partial charge in [-0.1, -0.05) is 6.42 Å². The van der Waals surface area contributed by atoms with Crippen LogP contribution in [0.2, 0.25) is 0 Å². The van der Waals surface area contributed by atoms with E-state index in [-0.39, 0.29) is 29.5 Å². The summed E-state index contributed by atoms with van der Waals surface area (Å²) >= 11 is 0. The monoisotopic (exact) mass is 384 g/mol. The number of likely N-dealkylation sites (tertiary alicyclic amines) is 1. The van der Waals surface area contributed by atoms with Gasteiger partial charge in [0.2, 0.25) is 0 Å². The van der Waals surface area contributed by atoms with Crippen LogP contribution in [-0.2, 0) is 4.74 Å². The number of hydrogen-bond donors (Lipinski definition) is 2. The summed E-state index contributed by atoms with van der Waals surface area (Å²) in [5, 5.41) is 3.04. The van der Waals surface area contributed by atoms with Crippen molar-refractivity contribution in [1.29, 1.82) is 0 Å². The van der Waals surface area contributed by atoms with Crippen LogP contribution in [0.3, 0.4) is 0 Å². The van der Waals surface area contributed by atoms with Crippen LogP contribution in [-0.4, -0.2) is 56.3 Å². The van der Waals surface area contributed by atoms with Gasteiger partial charge in [-0.2, -0.15) is 0 Å². The molecule has 1 rings (SSSR count). The number of hydrogen-bond acceptors (Lipinski definition) is 3. The first kappa shape index (κ1) is 18.9. The van der Waals surface area contributed by atoms with Crippen molar-refractivity contribution in [1.82, 2.24) is 10.2 Å². The Kier molecular flexibility index (Phi) is 9.72. The molecule has 6 heteroatoms. The highest BCUT2D eigenvalue weighted by molar-refractivity contribution is 14.0. The lowest BCUT2D eigenvalue weighted by Crippen LogP contribution is -2.49. The number of aliphatic imine (C=N–C) groups is 1. The Labute approximate surface area is 134 Å². The molecule has 0 unspecified atom stereocenters. The molecule has 0 aliphatic carbocycles. The van der Waals surface area contributed by atoms with Crippen LogP contribution < -0.4 is 11.1 Å². The number of nitrogens with one attached hydrogen (secondary N) is 1. The third kappa shape index (κ3) is 7.31. The van der Waals surface area contributed by atoms with Gasteiger partial charge >= 0.3 is 0 Å². The third-order valence-electron chi connectivity index (χ3n) is 3.46. The summed E-state index contributed by atoms with van der Waals surface area (Å²) in [6.07, 6.45) is 3.96. The van der Waals surface area contributed by atoms with E-state index >= 15 is 0 Å². The summed E-state index contributed by atoms with van der Waals surface area (Å²) in [4.78, 5) is 6.95. The molecule has 1 fully saturated rings. The van der Waals surface area contributed by atoms with Crippen molar-refractivity contribution in [3.8, 4) is 0 Å². The van der Waals surface area contributed by atoms with Crippen LogP contribution in [0.15, 0.2) is 4.99 Å². The van der Waals surface area contributed by atoms with Crippen LogP contribution in [0.1, 0.15) is 33.1 Å². The van der Waals surface area contributed by atoms with Gasteiger partial charge in [-0.05, 0) is 39.8 Å². The van der Waals surface area contributed by atoms with Gasteiger partial charge in [-0.3, -0.25) is 9.89 Å². The minimum absolute atomic E-state index is 0. The fourth-order valence-electron chi connectivity index (χ4n) is 2.21. The summed E-state index contributed by atoms with van der Waals surface area (Å²) < 4.78 is 4.95. The molecule has 0 atom stereocenters. The molecule has 1 aliphatic heterocycles. The van der Waals surface area contributed by atoms with E-state index < -0.39 is 0 Å². The van der Waals surface area contributed by atoms with E-state index in [1.165, 1.54) is 32.4 Å². The molecule has 1 heterocycles. The maximum Gasteiger partial charge on any atom is 0.188 e. The molecular formula is C13H29IN4O. The number of ether oxygens (including phenoxy) is 1. The second kappa shape index (κ2) is 9.77. The zero-order valence-electron chi connectivity index (χ0n) is 12.4. The Morgan fingerprint density at radius 2 is 1.95 bits per heavy atom. The van der Waals surface area contributed by atoms with Crippen molar-refractivity contribution < 1.29 is 4.74 Å². The van der Waals surface area contributed by atoms with E-state index in [2.05, 4.69) is 29.1 Å². The highest BCUT2D eigenvalue weighted by atomic mass is 127. The number of guanidine groups is 1. The highest BCUT2D eigenvalue weighted by Gasteiger charge is 2.27. The van der Waals surface area contributed by atoms with Crippen LogP contribution in [0.4, 0.5) is 0 Å². The zero-order chi connectivity index (χ0) is 13.4. The molecule has 0 aromatic heterocycles. The Bertz CT molecular complexity index is 265. The summed E-state index contributed by atoms with van der Waals surface area (Å²) in [6.45, 7) is 8.92. The van der Waals surface area contributed by atoms with Gasteiger partial charge < -0.3 is 15.8 Å². The number of rotatable bonds is 6. The maximum atomic E-state index is 5.82.